The Hall–Kier alpha value is -2.58. The van der Waals surface area contributed by atoms with Crippen molar-refractivity contribution >= 4 is 46.0 Å². The van der Waals surface area contributed by atoms with E-state index in [4.69, 9.17) is 0 Å². The lowest BCUT2D eigenvalue weighted by molar-refractivity contribution is -0.0784. The molecule has 1 aliphatic heterocycles. The number of carbonyl (C=O) groups is 2. The van der Waals surface area contributed by atoms with Crippen molar-refractivity contribution in [3.8, 4) is 0 Å². The summed E-state index contributed by atoms with van der Waals surface area (Å²) >= 11 is 1.91. The molecule has 0 aliphatic carbocycles. The molecule has 37 heavy (non-hydrogen) atoms. The van der Waals surface area contributed by atoms with E-state index in [-0.39, 0.29) is 30.9 Å². The first-order valence-corrected chi connectivity index (χ1v) is 12.7. The molecule has 2 aromatic rings. The van der Waals surface area contributed by atoms with Gasteiger partial charge >= 0.3 is 6.09 Å². The van der Waals surface area contributed by atoms with E-state index < -0.39 is 46.3 Å². The minimum Gasteiger partial charge on any atom is -0.465 e. The number of hydrogen-bond acceptors (Lipinski definition) is 5. The van der Waals surface area contributed by atoms with Gasteiger partial charge in [0.2, 0.25) is 0 Å². The number of aliphatic hydroxyl groups is 1. The summed E-state index contributed by atoms with van der Waals surface area (Å²) in [6, 6.07) is 6.10. The number of hydrogen-bond donors (Lipinski definition) is 4. The van der Waals surface area contributed by atoms with E-state index in [2.05, 4.69) is 10.6 Å². The van der Waals surface area contributed by atoms with Crippen LogP contribution in [0.5, 0.6) is 0 Å². The fourth-order valence-corrected chi connectivity index (χ4v) is 4.52. The molecule has 0 atom stereocenters. The molecule has 4 N–H and O–H groups in total. The maximum Gasteiger partial charge on any atom is 0.407 e. The topological polar surface area (TPSA) is 105 Å². The Kier molecular flexibility index (Phi) is 8.96. The Morgan fingerprint density at radius 1 is 1.14 bits per heavy atom. The van der Waals surface area contributed by atoms with Gasteiger partial charge in [-0.1, -0.05) is 0 Å². The fourth-order valence-electron chi connectivity index (χ4n) is 4.07. The van der Waals surface area contributed by atoms with Gasteiger partial charge in [-0.25, -0.2) is 18.0 Å². The number of carboxylic acid groups (broad SMARTS) is 1. The lowest BCUT2D eigenvalue weighted by atomic mass is 9.92. The summed E-state index contributed by atoms with van der Waals surface area (Å²) in [4.78, 5) is 27.1. The number of amides is 2. The van der Waals surface area contributed by atoms with Gasteiger partial charge in [-0.15, -0.1) is 0 Å². The molecular formula is C25H30F3IN4O4. The monoisotopic (exact) mass is 634 g/mol. The van der Waals surface area contributed by atoms with Crippen LogP contribution < -0.4 is 10.6 Å². The molecule has 0 spiro atoms. The first-order valence-electron chi connectivity index (χ1n) is 11.6. The van der Waals surface area contributed by atoms with Gasteiger partial charge in [-0.3, -0.25) is 4.79 Å². The van der Waals surface area contributed by atoms with Crippen molar-refractivity contribution in [2.75, 3.05) is 38.0 Å². The van der Waals surface area contributed by atoms with Crippen LogP contribution in [0.1, 0.15) is 37.6 Å². The highest BCUT2D eigenvalue weighted by Crippen LogP contribution is 2.31. The lowest BCUT2D eigenvalue weighted by Gasteiger charge is -2.46. The molecule has 12 heteroatoms. The zero-order valence-corrected chi connectivity index (χ0v) is 22.9. The molecule has 1 saturated heterocycles. The predicted molar refractivity (Wildman–Crippen MR) is 142 cm³/mol. The van der Waals surface area contributed by atoms with Crippen LogP contribution in [-0.2, 0) is 0 Å². The lowest BCUT2D eigenvalue weighted by Crippen LogP contribution is -2.67. The third kappa shape index (κ3) is 7.05. The first-order chi connectivity index (χ1) is 17.2. The highest BCUT2D eigenvalue weighted by Gasteiger charge is 2.44. The summed E-state index contributed by atoms with van der Waals surface area (Å²) in [6.45, 7) is 6.27. The number of rotatable bonds is 9. The van der Waals surface area contributed by atoms with Crippen LogP contribution >= 0.6 is 22.6 Å². The number of anilines is 2. The van der Waals surface area contributed by atoms with Gasteiger partial charge in [0.25, 0.3) is 5.91 Å². The van der Waals surface area contributed by atoms with Gasteiger partial charge in [0, 0.05) is 22.2 Å². The summed E-state index contributed by atoms with van der Waals surface area (Å²) in [5, 5.41) is 25.6. The quantitative estimate of drug-likeness (QED) is 0.241. The van der Waals surface area contributed by atoms with Crippen LogP contribution in [0.3, 0.4) is 0 Å². The molecule has 1 heterocycles. The molecule has 0 radical (unpaired) electrons. The number of likely N-dealkylation sites (tertiary alicyclic amines) is 1. The van der Waals surface area contributed by atoms with E-state index in [1.165, 1.54) is 21.9 Å². The maximum atomic E-state index is 14.6. The van der Waals surface area contributed by atoms with Crippen molar-refractivity contribution < 1.29 is 33.0 Å². The number of β-amino-alcohol motifs (C(OH)–C–C–N with tert-alkyl or cyclic N) is 1. The Morgan fingerprint density at radius 2 is 1.81 bits per heavy atom. The number of nitrogens with one attached hydrogen (secondary N) is 2. The molecular weight excluding hydrogens is 604 g/mol. The summed E-state index contributed by atoms with van der Waals surface area (Å²) in [5.74, 6) is -3.83. The summed E-state index contributed by atoms with van der Waals surface area (Å²) in [7, 11) is 0. The summed E-state index contributed by atoms with van der Waals surface area (Å²) in [6.07, 6.45) is -0.475. The standard InChI is InChI=1S/C25H30F3IN4O4/c1-24(2,3)33(23(35)36)10-4-9-30-12-25(37)13-32(14-25)22(34)16-6-7-17(26)20(28)21(16)31-19-8-5-15(29)11-18(19)27/h5-8,11,30-31,37H,4,9-10,12-14H2,1-3H3,(H,35,36). The third-order valence-electron chi connectivity index (χ3n) is 6.00. The van der Waals surface area contributed by atoms with Gasteiger partial charge in [0.1, 0.15) is 11.4 Å². The molecule has 202 valence electrons. The second-order valence-electron chi connectivity index (χ2n) is 10.1. The second kappa shape index (κ2) is 11.4. The van der Waals surface area contributed by atoms with Crippen LogP contribution in [0, 0.1) is 21.0 Å². The zero-order chi connectivity index (χ0) is 27.5. The van der Waals surface area contributed by atoms with Gasteiger partial charge in [-0.2, -0.15) is 0 Å². The zero-order valence-electron chi connectivity index (χ0n) is 20.7. The third-order valence-corrected chi connectivity index (χ3v) is 6.67. The second-order valence-corrected chi connectivity index (χ2v) is 11.3. The molecule has 1 fully saturated rings. The number of benzene rings is 2. The molecule has 3 rings (SSSR count). The van der Waals surface area contributed by atoms with Gasteiger partial charge in [0.05, 0.1) is 30.0 Å². The average Bonchev–Trinajstić information content (AvgIpc) is 2.77. The highest BCUT2D eigenvalue weighted by molar-refractivity contribution is 14.1. The van der Waals surface area contributed by atoms with Crippen molar-refractivity contribution in [2.45, 2.75) is 38.3 Å². The Morgan fingerprint density at radius 3 is 2.41 bits per heavy atom. The van der Waals surface area contributed by atoms with Gasteiger partial charge in [-0.05, 0) is 86.7 Å². The average molecular weight is 634 g/mol. The van der Waals surface area contributed by atoms with Crippen LogP contribution in [0.4, 0.5) is 29.3 Å². The maximum absolute atomic E-state index is 14.6. The Balaban J connectivity index is 1.59. The largest absolute Gasteiger partial charge is 0.465 e. The van der Waals surface area contributed by atoms with Crippen molar-refractivity contribution in [1.29, 1.82) is 0 Å². The molecule has 0 saturated carbocycles. The predicted octanol–water partition coefficient (Wildman–Crippen LogP) is 4.40. The smallest absolute Gasteiger partial charge is 0.407 e. The molecule has 0 aromatic heterocycles. The summed E-state index contributed by atoms with van der Waals surface area (Å²) in [5.41, 5.74) is -2.54. The minimum atomic E-state index is -1.31. The SMILES string of the molecule is CC(C)(C)N(CCCNCC1(O)CN(C(=O)c2ccc(F)c(F)c2Nc2ccc(I)cc2F)C1)C(=O)O. The molecule has 1 aliphatic rings. The summed E-state index contributed by atoms with van der Waals surface area (Å²) < 4.78 is 43.5. The Labute approximate surface area is 227 Å². The first kappa shape index (κ1) is 29.0. The van der Waals surface area contributed by atoms with E-state index in [0.29, 0.717) is 23.1 Å². The van der Waals surface area contributed by atoms with Crippen molar-refractivity contribution in [1.82, 2.24) is 15.1 Å². The molecule has 0 bridgehead atoms. The van der Waals surface area contributed by atoms with E-state index in [0.717, 1.165) is 12.1 Å². The van der Waals surface area contributed by atoms with Crippen molar-refractivity contribution in [3.05, 3.63) is 56.9 Å². The number of nitrogens with zero attached hydrogens (tertiary/aromatic N) is 2. The van der Waals surface area contributed by atoms with Crippen molar-refractivity contribution in [2.24, 2.45) is 0 Å². The van der Waals surface area contributed by atoms with E-state index in [1.54, 1.807) is 6.07 Å². The van der Waals surface area contributed by atoms with Crippen molar-refractivity contribution in [3.63, 3.8) is 0 Å². The number of halogens is 4. The van der Waals surface area contributed by atoms with E-state index >= 15 is 0 Å². The van der Waals surface area contributed by atoms with Crippen LogP contribution in [0.2, 0.25) is 0 Å². The van der Waals surface area contributed by atoms with E-state index in [1.807, 2.05) is 43.4 Å². The van der Waals surface area contributed by atoms with E-state index in [9.17, 15) is 33.0 Å². The normalized spacial score (nSPS) is 14.8. The molecule has 0 unspecified atom stereocenters. The van der Waals surface area contributed by atoms with Crippen LogP contribution in [0.15, 0.2) is 30.3 Å². The minimum absolute atomic E-state index is 0.0433. The molecule has 2 amide bonds. The van der Waals surface area contributed by atoms with Crippen LogP contribution in [0.25, 0.3) is 0 Å². The fraction of sp³-hybridized carbons (Fsp3) is 0.440. The molecule has 2 aromatic carbocycles. The van der Waals surface area contributed by atoms with Crippen LogP contribution in [-0.4, -0.2) is 75.9 Å². The van der Waals surface area contributed by atoms with Gasteiger partial charge < -0.3 is 30.6 Å². The highest BCUT2D eigenvalue weighted by atomic mass is 127. The molecule has 8 nitrogen and oxygen atoms in total. The number of carbonyl (C=O) groups excluding carboxylic acids is 1. The van der Waals surface area contributed by atoms with Gasteiger partial charge in [0.15, 0.2) is 11.6 Å². The Bertz CT molecular complexity index is 1170.